The lowest BCUT2D eigenvalue weighted by Gasteiger charge is -2.44. The first-order chi connectivity index (χ1) is 13.7. The van der Waals surface area contributed by atoms with Gasteiger partial charge in [0.25, 0.3) is 5.91 Å². The first-order valence-corrected chi connectivity index (χ1v) is 10.5. The third kappa shape index (κ3) is 3.92. The van der Waals surface area contributed by atoms with Crippen molar-refractivity contribution in [1.82, 2.24) is 19.6 Å². The van der Waals surface area contributed by atoms with Gasteiger partial charge in [-0.15, -0.1) is 0 Å². The van der Waals surface area contributed by atoms with Crippen LogP contribution in [0.4, 0.5) is 5.69 Å². The SMILES string of the molecule is CCn1nc(C)cc1C(=O)N1CCCC(N2CCN(c3ccccc3)CC2)C1. The van der Waals surface area contributed by atoms with Gasteiger partial charge in [-0.2, -0.15) is 5.10 Å². The summed E-state index contributed by atoms with van der Waals surface area (Å²) >= 11 is 0. The maximum Gasteiger partial charge on any atom is 0.272 e. The molecule has 6 nitrogen and oxygen atoms in total. The summed E-state index contributed by atoms with van der Waals surface area (Å²) in [5.41, 5.74) is 2.95. The van der Waals surface area contributed by atoms with E-state index in [1.807, 2.05) is 29.5 Å². The molecule has 0 spiro atoms. The number of benzene rings is 1. The number of amides is 1. The minimum absolute atomic E-state index is 0.134. The quantitative estimate of drug-likeness (QED) is 0.817. The average molecular weight is 382 g/mol. The number of hydrogen-bond donors (Lipinski definition) is 0. The van der Waals surface area contributed by atoms with Crippen molar-refractivity contribution < 1.29 is 4.79 Å². The number of piperidine rings is 1. The van der Waals surface area contributed by atoms with E-state index in [0.29, 0.717) is 6.04 Å². The van der Waals surface area contributed by atoms with Crippen LogP contribution in [0.3, 0.4) is 0 Å². The van der Waals surface area contributed by atoms with E-state index in [4.69, 9.17) is 0 Å². The van der Waals surface area contributed by atoms with Crippen LogP contribution in [0.2, 0.25) is 0 Å². The largest absolute Gasteiger partial charge is 0.369 e. The molecule has 1 aromatic carbocycles. The van der Waals surface area contributed by atoms with Gasteiger partial charge < -0.3 is 9.80 Å². The van der Waals surface area contributed by atoms with Crippen LogP contribution in [0.1, 0.15) is 35.9 Å². The van der Waals surface area contributed by atoms with Crippen LogP contribution in [0.5, 0.6) is 0 Å². The standard InChI is InChI=1S/C22H31N5O/c1-3-27-21(16-18(2)23-27)22(28)26-11-7-10-20(17-26)25-14-12-24(13-15-25)19-8-5-4-6-9-19/h4-6,8-9,16,20H,3,7,10-15,17H2,1-2H3. The van der Waals surface area contributed by atoms with Crippen molar-refractivity contribution >= 4 is 11.6 Å². The maximum absolute atomic E-state index is 13.1. The van der Waals surface area contributed by atoms with Gasteiger partial charge in [0.15, 0.2) is 0 Å². The fourth-order valence-electron chi connectivity index (χ4n) is 4.54. The van der Waals surface area contributed by atoms with Crippen LogP contribution >= 0.6 is 0 Å². The van der Waals surface area contributed by atoms with Gasteiger partial charge in [0.05, 0.1) is 5.69 Å². The third-order valence-corrected chi connectivity index (χ3v) is 6.06. The molecule has 0 N–H and O–H groups in total. The minimum Gasteiger partial charge on any atom is -0.369 e. The average Bonchev–Trinajstić information content (AvgIpc) is 3.15. The minimum atomic E-state index is 0.134. The first kappa shape index (κ1) is 19.0. The van der Waals surface area contributed by atoms with Gasteiger partial charge in [-0.05, 0) is 44.9 Å². The first-order valence-electron chi connectivity index (χ1n) is 10.5. The normalized spacial score (nSPS) is 21.1. The smallest absolute Gasteiger partial charge is 0.272 e. The molecule has 1 atom stereocenters. The Morgan fingerprint density at radius 3 is 2.57 bits per heavy atom. The van der Waals surface area contributed by atoms with Gasteiger partial charge in [-0.1, -0.05) is 18.2 Å². The van der Waals surface area contributed by atoms with E-state index in [9.17, 15) is 4.79 Å². The molecule has 2 aliphatic heterocycles. The lowest BCUT2D eigenvalue weighted by atomic mass is 10.0. The molecule has 28 heavy (non-hydrogen) atoms. The Kier molecular flexibility index (Phi) is 5.67. The van der Waals surface area contributed by atoms with Crippen LogP contribution < -0.4 is 4.90 Å². The van der Waals surface area contributed by atoms with Gasteiger partial charge >= 0.3 is 0 Å². The Hall–Kier alpha value is -2.34. The Morgan fingerprint density at radius 2 is 1.86 bits per heavy atom. The van der Waals surface area contributed by atoms with E-state index < -0.39 is 0 Å². The topological polar surface area (TPSA) is 44.6 Å². The zero-order chi connectivity index (χ0) is 19.5. The summed E-state index contributed by atoms with van der Waals surface area (Å²) in [7, 11) is 0. The second kappa shape index (κ2) is 8.35. The lowest BCUT2D eigenvalue weighted by Crippen LogP contribution is -2.56. The molecule has 0 aliphatic carbocycles. The second-order valence-corrected chi connectivity index (χ2v) is 7.89. The van der Waals surface area contributed by atoms with Crippen LogP contribution in [-0.4, -0.2) is 70.8 Å². The summed E-state index contributed by atoms with van der Waals surface area (Å²) < 4.78 is 1.83. The van der Waals surface area contributed by atoms with Crippen molar-refractivity contribution in [2.24, 2.45) is 0 Å². The van der Waals surface area contributed by atoms with E-state index in [0.717, 1.165) is 63.6 Å². The fraction of sp³-hybridized carbons (Fsp3) is 0.545. The van der Waals surface area contributed by atoms with Crippen molar-refractivity contribution in [2.75, 3.05) is 44.2 Å². The lowest BCUT2D eigenvalue weighted by molar-refractivity contribution is 0.0552. The molecule has 4 rings (SSSR count). The molecule has 2 saturated heterocycles. The number of rotatable bonds is 4. The maximum atomic E-state index is 13.1. The summed E-state index contributed by atoms with van der Waals surface area (Å²) in [5, 5.41) is 4.44. The molecule has 3 heterocycles. The summed E-state index contributed by atoms with van der Waals surface area (Å²) in [6, 6.07) is 13.1. The molecule has 0 saturated carbocycles. The number of hydrogen-bond acceptors (Lipinski definition) is 4. The van der Waals surface area contributed by atoms with Crippen molar-refractivity contribution in [3.05, 3.63) is 47.8 Å². The zero-order valence-corrected chi connectivity index (χ0v) is 17.0. The summed E-state index contributed by atoms with van der Waals surface area (Å²) in [5.74, 6) is 0.134. The number of carbonyl (C=O) groups excluding carboxylic acids is 1. The number of carbonyl (C=O) groups is 1. The molecular weight excluding hydrogens is 350 g/mol. The van der Waals surface area contributed by atoms with Gasteiger partial charge in [-0.3, -0.25) is 14.4 Å². The molecule has 1 unspecified atom stereocenters. The molecule has 0 bridgehead atoms. The van der Waals surface area contributed by atoms with E-state index in [-0.39, 0.29) is 5.91 Å². The van der Waals surface area contributed by atoms with Gasteiger partial charge in [-0.25, -0.2) is 0 Å². The van der Waals surface area contributed by atoms with Crippen LogP contribution in [0.25, 0.3) is 0 Å². The number of aryl methyl sites for hydroxylation is 2. The molecule has 2 aliphatic rings. The summed E-state index contributed by atoms with van der Waals surface area (Å²) in [6.45, 7) is 10.6. The van der Waals surface area contributed by atoms with Crippen LogP contribution in [0.15, 0.2) is 36.4 Å². The predicted molar refractivity (Wildman–Crippen MR) is 112 cm³/mol. The highest BCUT2D eigenvalue weighted by molar-refractivity contribution is 5.92. The molecule has 2 aromatic rings. The van der Waals surface area contributed by atoms with Crippen molar-refractivity contribution in [1.29, 1.82) is 0 Å². The van der Waals surface area contributed by atoms with Gasteiger partial charge in [0, 0.05) is 57.5 Å². The molecule has 6 heteroatoms. The Bertz CT molecular complexity index is 795. The third-order valence-electron chi connectivity index (χ3n) is 6.06. The Morgan fingerprint density at radius 1 is 1.11 bits per heavy atom. The van der Waals surface area contributed by atoms with E-state index >= 15 is 0 Å². The highest BCUT2D eigenvalue weighted by Crippen LogP contribution is 2.22. The highest BCUT2D eigenvalue weighted by Gasteiger charge is 2.31. The number of anilines is 1. The number of aromatic nitrogens is 2. The zero-order valence-electron chi connectivity index (χ0n) is 17.0. The Balaban J connectivity index is 1.37. The van der Waals surface area contributed by atoms with Gasteiger partial charge in [0.2, 0.25) is 0 Å². The number of likely N-dealkylation sites (tertiary alicyclic amines) is 1. The molecule has 1 aromatic heterocycles. The molecule has 150 valence electrons. The molecule has 2 fully saturated rings. The van der Waals surface area contributed by atoms with E-state index in [2.05, 4.69) is 45.2 Å². The van der Waals surface area contributed by atoms with Gasteiger partial charge in [0.1, 0.15) is 5.69 Å². The van der Waals surface area contributed by atoms with Crippen molar-refractivity contribution in [3.8, 4) is 0 Å². The van der Waals surface area contributed by atoms with Crippen molar-refractivity contribution in [2.45, 2.75) is 39.3 Å². The van der Waals surface area contributed by atoms with Crippen molar-refractivity contribution in [3.63, 3.8) is 0 Å². The predicted octanol–water partition coefficient (Wildman–Crippen LogP) is 2.64. The fourth-order valence-corrected chi connectivity index (χ4v) is 4.54. The molecule has 0 radical (unpaired) electrons. The molecular formula is C22H31N5O. The number of para-hydroxylation sites is 1. The number of nitrogens with zero attached hydrogens (tertiary/aromatic N) is 5. The van der Waals surface area contributed by atoms with Crippen LogP contribution in [-0.2, 0) is 6.54 Å². The Labute approximate surface area is 167 Å². The highest BCUT2D eigenvalue weighted by atomic mass is 16.2. The summed E-state index contributed by atoms with van der Waals surface area (Å²) in [6.07, 6.45) is 2.26. The monoisotopic (exact) mass is 381 g/mol. The number of piperazine rings is 1. The van der Waals surface area contributed by atoms with Crippen LogP contribution in [0, 0.1) is 6.92 Å². The second-order valence-electron chi connectivity index (χ2n) is 7.89. The summed E-state index contributed by atoms with van der Waals surface area (Å²) in [4.78, 5) is 20.2. The van der Waals surface area contributed by atoms with E-state index in [1.165, 1.54) is 12.1 Å². The van der Waals surface area contributed by atoms with E-state index in [1.54, 1.807) is 0 Å². The molecule has 1 amide bonds.